The van der Waals surface area contributed by atoms with Gasteiger partial charge in [0, 0.05) is 11.5 Å². The van der Waals surface area contributed by atoms with E-state index in [0.29, 0.717) is 30.0 Å². The Morgan fingerprint density at radius 1 is 1.00 bits per heavy atom. The zero-order valence-electron chi connectivity index (χ0n) is 18.5. The monoisotopic (exact) mass is 478 g/mol. The van der Waals surface area contributed by atoms with Crippen LogP contribution in [0.1, 0.15) is 39.2 Å². The smallest absolute Gasteiger partial charge is 0.312 e. The number of rotatable bonds is 9. The first-order valence-corrected chi connectivity index (χ1v) is 13.9. The van der Waals surface area contributed by atoms with Crippen LogP contribution in [-0.4, -0.2) is 22.1 Å². The number of unbranched alkanes of at least 4 members (excludes halogenated alkanes) is 1. The van der Waals surface area contributed by atoms with E-state index in [1.807, 2.05) is 18.2 Å². The largest absolute Gasteiger partial charge is 0.443 e. The molecule has 32 heavy (non-hydrogen) atoms. The molecule has 1 aromatic heterocycles. The maximum absolute atomic E-state index is 13.7. The molecule has 0 saturated heterocycles. The summed E-state index contributed by atoms with van der Waals surface area (Å²) < 4.78 is 33.3. The molecule has 0 aliphatic rings. The zero-order valence-corrected chi connectivity index (χ0v) is 20.2. The highest BCUT2D eigenvalue weighted by Crippen LogP contribution is 2.58. The molecule has 3 aromatic rings. The van der Waals surface area contributed by atoms with Gasteiger partial charge < -0.3 is 9.09 Å². The van der Waals surface area contributed by atoms with E-state index in [2.05, 4.69) is 20.8 Å². The van der Waals surface area contributed by atoms with Crippen LogP contribution in [0.3, 0.4) is 0 Å². The Labute approximate surface area is 190 Å². The van der Waals surface area contributed by atoms with Crippen LogP contribution >= 0.6 is 17.7 Å². The summed E-state index contributed by atoms with van der Waals surface area (Å²) in [7, 11) is 0. The Morgan fingerprint density at radius 3 is 2.25 bits per heavy atom. The van der Waals surface area contributed by atoms with Crippen LogP contribution < -0.4 is 16.8 Å². The number of benzene rings is 2. The van der Waals surface area contributed by atoms with Crippen molar-refractivity contribution in [1.29, 1.82) is 0 Å². The molecule has 0 aliphatic heterocycles. The molecule has 0 radical (unpaired) electrons. The molecule has 0 aliphatic carbocycles. The molecule has 0 saturated carbocycles. The minimum absolute atomic E-state index is 0.0480. The maximum atomic E-state index is 13.7. The fraction of sp³-hybridized carbons (Fsp3) is 0.391. The van der Waals surface area contributed by atoms with E-state index in [0.717, 1.165) is 26.3 Å². The normalized spacial score (nSPS) is 13.8. The highest BCUT2D eigenvalue weighted by molar-refractivity contribution is 8.59. The van der Waals surface area contributed by atoms with E-state index in [4.69, 9.17) is 4.52 Å². The van der Waals surface area contributed by atoms with E-state index < -0.39 is 24.5 Å². The van der Waals surface area contributed by atoms with Gasteiger partial charge in [0.25, 0.3) is 0 Å². The molecule has 0 bridgehead atoms. The fourth-order valence-electron chi connectivity index (χ4n) is 3.21. The lowest BCUT2D eigenvalue weighted by atomic mass is 9.87. The van der Waals surface area contributed by atoms with E-state index in [1.54, 1.807) is 36.4 Å². The minimum Gasteiger partial charge on any atom is -0.312 e. The summed E-state index contributed by atoms with van der Waals surface area (Å²) in [5, 5.41) is 0.637. The van der Waals surface area contributed by atoms with Gasteiger partial charge in [0.1, 0.15) is 0 Å². The van der Waals surface area contributed by atoms with Crippen molar-refractivity contribution in [3.05, 3.63) is 81.2 Å². The van der Waals surface area contributed by atoms with Crippen molar-refractivity contribution in [1.82, 2.24) is 9.31 Å². The van der Waals surface area contributed by atoms with Gasteiger partial charge in [-0.3, -0.25) is 4.39 Å². The molecule has 1 unspecified atom stereocenters. The molecule has 2 aromatic carbocycles. The lowest BCUT2D eigenvalue weighted by molar-refractivity contribution is 0.312. The average molecular weight is 479 g/mol. The second kappa shape index (κ2) is 10.1. The molecule has 1 heterocycles. The molecule has 0 spiro atoms. The van der Waals surface area contributed by atoms with Gasteiger partial charge in [-0.1, -0.05) is 74.6 Å². The summed E-state index contributed by atoms with van der Waals surface area (Å²) in [4.78, 5) is 25.3. The van der Waals surface area contributed by atoms with Gasteiger partial charge in [0.2, 0.25) is 0 Å². The molecule has 1 atom stereocenters. The van der Waals surface area contributed by atoms with Gasteiger partial charge in [0.05, 0.1) is 18.2 Å². The second-order valence-electron chi connectivity index (χ2n) is 8.55. The molecule has 0 amide bonds. The Bertz CT molecular complexity index is 1190. The van der Waals surface area contributed by atoms with Crippen LogP contribution in [0.15, 0.2) is 68.7 Å². The quantitative estimate of drug-likeness (QED) is 0.322. The molecule has 172 valence electrons. The summed E-state index contributed by atoms with van der Waals surface area (Å²) in [6, 6.07) is 16.2. The standard InChI is InChI=1S/C23H28FN2O4PS/c1-23(2,3)18-11-13-19(14-12-18)26-21(27)25(22(28)30-26)17-32-31(29,16-8-7-15-24)20-9-5-4-6-10-20/h4-6,9-14H,7-8,15-17H2,1-3H3. The van der Waals surface area contributed by atoms with Crippen LogP contribution in [0.4, 0.5) is 4.39 Å². The molecule has 9 heteroatoms. The van der Waals surface area contributed by atoms with E-state index in [9.17, 15) is 18.5 Å². The van der Waals surface area contributed by atoms with E-state index >= 15 is 0 Å². The Morgan fingerprint density at radius 2 is 1.66 bits per heavy atom. The van der Waals surface area contributed by atoms with Crippen LogP contribution in [0.25, 0.3) is 5.69 Å². The number of hydrogen-bond donors (Lipinski definition) is 0. The maximum Gasteiger partial charge on any atom is 0.443 e. The third-order valence-electron chi connectivity index (χ3n) is 5.14. The highest BCUT2D eigenvalue weighted by Gasteiger charge is 2.27. The first-order chi connectivity index (χ1) is 15.2. The molecule has 6 nitrogen and oxygen atoms in total. The summed E-state index contributed by atoms with van der Waals surface area (Å²) >= 11 is 1.05. The third kappa shape index (κ3) is 5.54. The van der Waals surface area contributed by atoms with Crippen molar-refractivity contribution in [2.24, 2.45) is 0 Å². The topological polar surface area (TPSA) is 74.2 Å². The van der Waals surface area contributed by atoms with Crippen molar-refractivity contribution < 1.29 is 13.5 Å². The molecular formula is C23H28FN2O4PS. The van der Waals surface area contributed by atoms with Crippen molar-refractivity contribution >= 4 is 23.0 Å². The van der Waals surface area contributed by atoms with Crippen molar-refractivity contribution in [3.63, 3.8) is 0 Å². The lowest BCUT2D eigenvalue weighted by Crippen LogP contribution is -2.27. The number of hydrogen-bond acceptors (Lipinski definition) is 5. The van der Waals surface area contributed by atoms with Crippen molar-refractivity contribution in [2.75, 3.05) is 12.8 Å². The number of nitrogens with zero attached hydrogens (tertiary/aromatic N) is 2. The molecule has 0 fully saturated rings. The Balaban J connectivity index is 1.86. The second-order valence-corrected chi connectivity index (χ2v) is 13.9. The van der Waals surface area contributed by atoms with Gasteiger partial charge in [-0.2, -0.15) is 0 Å². The van der Waals surface area contributed by atoms with Crippen LogP contribution in [-0.2, 0) is 15.9 Å². The SMILES string of the molecule is CC(C)(C)c1ccc(-n2oc(=O)n(CSP(=O)(CCCCF)c3ccccc3)c2=O)cc1. The summed E-state index contributed by atoms with van der Waals surface area (Å²) in [5.41, 5.74) is 0.851. The van der Waals surface area contributed by atoms with Gasteiger partial charge in [-0.25, -0.2) is 14.2 Å². The minimum atomic E-state index is -2.99. The van der Waals surface area contributed by atoms with Gasteiger partial charge in [-0.15, -0.1) is 4.74 Å². The van der Waals surface area contributed by atoms with Crippen LogP contribution in [0.2, 0.25) is 0 Å². The summed E-state index contributed by atoms with van der Waals surface area (Å²) in [6.45, 7) is 5.78. The summed E-state index contributed by atoms with van der Waals surface area (Å²) in [6.07, 6.45) is -1.92. The third-order valence-corrected chi connectivity index (χ3v) is 10.7. The average Bonchev–Trinajstić information content (AvgIpc) is 3.06. The Kier molecular flexibility index (Phi) is 7.67. The number of aromatic nitrogens is 2. The van der Waals surface area contributed by atoms with Crippen LogP contribution in [0.5, 0.6) is 0 Å². The Hall–Kier alpha value is -2.31. The predicted octanol–water partition coefficient (Wildman–Crippen LogP) is 4.93. The molecule has 3 rings (SSSR count). The lowest BCUT2D eigenvalue weighted by Gasteiger charge is -2.18. The predicted molar refractivity (Wildman–Crippen MR) is 129 cm³/mol. The zero-order chi connectivity index (χ0) is 23.4. The van der Waals surface area contributed by atoms with Gasteiger partial charge in [0.15, 0.2) is 6.34 Å². The molecule has 0 N–H and O–H groups in total. The first-order valence-electron chi connectivity index (χ1n) is 10.4. The first kappa shape index (κ1) is 24.3. The number of halogens is 1. The van der Waals surface area contributed by atoms with Crippen molar-refractivity contribution in [2.45, 2.75) is 44.9 Å². The fourth-order valence-corrected chi connectivity index (χ4v) is 8.02. The number of alkyl halides is 1. The highest BCUT2D eigenvalue weighted by atomic mass is 32.7. The molecular weight excluding hydrogens is 450 g/mol. The van der Waals surface area contributed by atoms with Gasteiger partial charge >= 0.3 is 11.4 Å². The summed E-state index contributed by atoms with van der Waals surface area (Å²) in [5.74, 6) is -0.929. The van der Waals surface area contributed by atoms with E-state index in [-0.39, 0.29) is 11.3 Å². The van der Waals surface area contributed by atoms with Gasteiger partial charge in [-0.05, 0) is 36.0 Å². The van der Waals surface area contributed by atoms with Crippen LogP contribution in [0, 0.1) is 0 Å². The van der Waals surface area contributed by atoms with E-state index in [1.165, 1.54) is 0 Å². The van der Waals surface area contributed by atoms with Crippen molar-refractivity contribution in [3.8, 4) is 5.69 Å².